The third kappa shape index (κ3) is 3.23. The van der Waals surface area contributed by atoms with Gasteiger partial charge < -0.3 is 19.9 Å². The summed E-state index contributed by atoms with van der Waals surface area (Å²) in [6, 6.07) is 10.9. The van der Waals surface area contributed by atoms with Gasteiger partial charge in [-0.3, -0.25) is 4.79 Å². The summed E-state index contributed by atoms with van der Waals surface area (Å²) in [5.41, 5.74) is 2.51. The molecule has 0 bridgehead atoms. The van der Waals surface area contributed by atoms with E-state index < -0.39 is 0 Å². The molecule has 2 aromatic carbocycles. The molecule has 1 fully saturated rings. The van der Waals surface area contributed by atoms with Crippen molar-refractivity contribution in [2.45, 2.75) is 11.0 Å². The summed E-state index contributed by atoms with van der Waals surface area (Å²) in [5.74, 6) is 0.574. The van der Waals surface area contributed by atoms with Crippen molar-refractivity contribution in [1.29, 1.82) is 0 Å². The number of aromatic hydroxyl groups is 1. The summed E-state index contributed by atoms with van der Waals surface area (Å²) in [4.78, 5) is 13.4. The number of nitrogens with one attached hydrogen (secondary N) is 1. The average molecular weight is 355 g/mol. The zero-order valence-corrected chi connectivity index (χ0v) is 14.4. The maximum absolute atomic E-state index is 12.4. The Labute approximate surface area is 149 Å². The van der Waals surface area contributed by atoms with Crippen LogP contribution < -0.4 is 10.1 Å². The van der Waals surface area contributed by atoms with Crippen molar-refractivity contribution in [2.24, 2.45) is 0 Å². The van der Waals surface area contributed by atoms with Crippen LogP contribution in [0.25, 0.3) is 11.6 Å². The number of rotatable bonds is 5. The van der Waals surface area contributed by atoms with Crippen LogP contribution in [0.2, 0.25) is 0 Å². The van der Waals surface area contributed by atoms with Crippen molar-refractivity contribution >= 4 is 35.0 Å². The first-order chi connectivity index (χ1) is 12.2. The summed E-state index contributed by atoms with van der Waals surface area (Å²) < 4.78 is 11.0. The lowest BCUT2D eigenvalue weighted by atomic mass is 10.0. The van der Waals surface area contributed by atoms with Gasteiger partial charge in [0, 0.05) is 10.5 Å². The van der Waals surface area contributed by atoms with Crippen molar-refractivity contribution < 1.29 is 19.4 Å². The first-order valence-corrected chi connectivity index (χ1v) is 9.16. The SMILES string of the molecule is CSc1ccc(C=C2C(=O)Nc3cccc(OCC4CO4)c32)c(O)c1. The molecular formula is C19H17NO4S. The molecule has 0 aliphatic carbocycles. The number of epoxide rings is 1. The molecule has 5 nitrogen and oxygen atoms in total. The number of hydrogen-bond acceptors (Lipinski definition) is 5. The van der Waals surface area contributed by atoms with Gasteiger partial charge in [0.05, 0.1) is 23.4 Å². The van der Waals surface area contributed by atoms with E-state index in [-0.39, 0.29) is 17.8 Å². The number of carbonyl (C=O) groups excluding carboxylic acids is 1. The second-order valence-corrected chi connectivity index (χ2v) is 6.76. The molecular weight excluding hydrogens is 338 g/mol. The van der Waals surface area contributed by atoms with Gasteiger partial charge in [0.2, 0.25) is 0 Å². The molecule has 2 aliphatic heterocycles. The third-order valence-corrected chi connectivity index (χ3v) is 4.88. The Bertz CT molecular complexity index is 874. The molecule has 0 spiro atoms. The van der Waals surface area contributed by atoms with Crippen molar-refractivity contribution in [3.05, 3.63) is 47.5 Å². The molecule has 0 radical (unpaired) electrons. The Hall–Kier alpha value is -2.44. The molecule has 2 heterocycles. The van der Waals surface area contributed by atoms with Gasteiger partial charge in [0.1, 0.15) is 24.2 Å². The number of hydrogen-bond donors (Lipinski definition) is 2. The van der Waals surface area contributed by atoms with E-state index in [9.17, 15) is 9.90 Å². The topological polar surface area (TPSA) is 71.1 Å². The van der Waals surface area contributed by atoms with Gasteiger partial charge in [-0.05, 0) is 36.6 Å². The highest BCUT2D eigenvalue weighted by atomic mass is 32.2. The highest BCUT2D eigenvalue weighted by molar-refractivity contribution is 7.98. The molecule has 1 unspecified atom stereocenters. The summed E-state index contributed by atoms with van der Waals surface area (Å²) in [5, 5.41) is 13.1. The maximum atomic E-state index is 12.4. The second kappa shape index (κ2) is 6.46. The van der Waals surface area contributed by atoms with Gasteiger partial charge in [-0.1, -0.05) is 12.1 Å². The van der Waals surface area contributed by atoms with Crippen LogP contribution in [0, 0.1) is 0 Å². The summed E-state index contributed by atoms with van der Waals surface area (Å²) in [6.45, 7) is 1.18. The zero-order valence-electron chi connectivity index (χ0n) is 13.6. The Morgan fingerprint density at radius 1 is 1.40 bits per heavy atom. The smallest absolute Gasteiger partial charge is 0.256 e. The Morgan fingerprint density at radius 2 is 2.24 bits per heavy atom. The minimum atomic E-state index is -0.206. The monoisotopic (exact) mass is 355 g/mol. The Balaban J connectivity index is 1.72. The first kappa shape index (κ1) is 16.1. The lowest BCUT2D eigenvalue weighted by molar-refractivity contribution is -0.110. The molecule has 1 saturated heterocycles. The van der Waals surface area contributed by atoms with E-state index in [1.165, 1.54) is 0 Å². The number of amides is 1. The molecule has 0 aromatic heterocycles. The summed E-state index contributed by atoms with van der Waals surface area (Å²) >= 11 is 1.55. The molecule has 1 amide bonds. The van der Waals surface area contributed by atoms with E-state index in [0.29, 0.717) is 35.8 Å². The standard InChI is InChI=1S/C19H17NO4S/c1-25-13-6-5-11(16(21)8-13)7-14-18-15(20-19(14)22)3-2-4-17(18)24-10-12-9-23-12/h2-8,12,21H,9-10H2,1H3,(H,20,22). The van der Waals surface area contributed by atoms with Crippen LogP contribution in [-0.2, 0) is 9.53 Å². The lowest BCUT2D eigenvalue weighted by Crippen LogP contribution is -2.05. The van der Waals surface area contributed by atoms with Gasteiger partial charge in [-0.25, -0.2) is 0 Å². The fourth-order valence-electron chi connectivity index (χ4n) is 2.75. The Morgan fingerprint density at radius 3 is 2.96 bits per heavy atom. The van der Waals surface area contributed by atoms with Crippen LogP contribution in [0.3, 0.4) is 0 Å². The highest BCUT2D eigenvalue weighted by Gasteiger charge is 2.29. The van der Waals surface area contributed by atoms with Crippen LogP contribution in [0.1, 0.15) is 11.1 Å². The number of phenolic OH excluding ortho intramolecular Hbond substituents is 1. The summed E-state index contributed by atoms with van der Waals surface area (Å²) in [6.07, 6.45) is 3.78. The molecule has 6 heteroatoms. The zero-order chi connectivity index (χ0) is 17.4. The predicted octanol–water partition coefficient (Wildman–Crippen LogP) is 3.38. The number of carbonyl (C=O) groups is 1. The molecule has 128 valence electrons. The molecule has 1 atom stereocenters. The predicted molar refractivity (Wildman–Crippen MR) is 98.1 cm³/mol. The van der Waals surface area contributed by atoms with Crippen molar-refractivity contribution in [2.75, 3.05) is 24.8 Å². The molecule has 4 rings (SSSR count). The largest absolute Gasteiger partial charge is 0.507 e. The quantitative estimate of drug-likeness (QED) is 0.489. The highest BCUT2D eigenvalue weighted by Crippen LogP contribution is 2.41. The van der Waals surface area contributed by atoms with E-state index in [4.69, 9.17) is 9.47 Å². The van der Waals surface area contributed by atoms with E-state index in [2.05, 4.69) is 5.32 Å². The van der Waals surface area contributed by atoms with Crippen LogP contribution in [-0.4, -0.2) is 36.6 Å². The number of benzene rings is 2. The third-order valence-electron chi connectivity index (χ3n) is 4.15. The molecule has 25 heavy (non-hydrogen) atoms. The minimum Gasteiger partial charge on any atom is -0.507 e. The van der Waals surface area contributed by atoms with Crippen LogP contribution in [0.15, 0.2) is 41.3 Å². The van der Waals surface area contributed by atoms with Gasteiger partial charge >= 0.3 is 0 Å². The molecule has 2 aromatic rings. The minimum absolute atomic E-state index is 0.136. The van der Waals surface area contributed by atoms with Gasteiger partial charge in [0.15, 0.2) is 0 Å². The van der Waals surface area contributed by atoms with E-state index in [1.54, 1.807) is 30.0 Å². The average Bonchev–Trinajstić information content (AvgIpc) is 3.38. The van der Waals surface area contributed by atoms with Crippen LogP contribution >= 0.6 is 11.8 Å². The number of ether oxygens (including phenoxy) is 2. The fraction of sp³-hybridized carbons (Fsp3) is 0.211. The fourth-order valence-corrected chi connectivity index (χ4v) is 3.18. The van der Waals surface area contributed by atoms with E-state index in [0.717, 1.165) is 10.5 Å². The second-order valence-electron chi connectivity index (χ2n) is 5.88. The molecule has 2 N–H and O–H groups in total. The van der Waals surface area contributed by atoms with Gasteiger partial charge in [-0.2, -0.15) is 0 Å². The van der Waals surface area contributed by atoms with Crippen LogP contribution in [0.4, 0.5) is 5.69 Å². The van der Waals surface area contributed by atoms with Gasteiger partial charge in [-0.15, -0.1) is 11.8 Å². The number of anilines is 1. The lowest BCUT2D eigenvalue weighted by Gasteiger charge is -2.10. The summed E-state index contributed by atoms with van der Waals surface area (Å²) in [7, 11) is 0. The molecule has 2 aliphatic rings. The Kier molecular flexibility index (Phi) is 4.15. The van der Waals surface area contributed by atoms with E-state index >= 15 is 0 Å². The molecule has 0 saturated carbocycles. The first-order valence-electron chi connectivity index (χ1n) is 7.93. The number of thioether (sulfide) groups is 1. The maximum Gasteiger partial charge on any atom is 0.256 e. The van der Waals surface area contributed by atoms with Crippen LogP contribution in [0.5, 0.6) is 11.5 Å². The van der Waals surface area contributed by atoms with Crippen molar-refractivity contribution in [3.63, 3.8) is 0 Å². The van der Waals surface area contributed by atoms with Crippen molar-refractivity contribution in [1.82, 2.24) is 0 Å². The van der Waals surface area contributed by atoms with E-state index in [1.807, 2.05) is 30.5 Å². The normalized spacial score (nSPS) is 19.6. The number of fused-ring (bicyclic) bond motifs is 1. The number of phenols is 1. The van der Waals surface area contributed by atoms with Crippen molar-refractivity contribution in [3.8, 4) is 11.5 Å². The van der Waals surface area contributed by atoms with Gasteiger partial charge in [0.25, 0.3) is 5.91 Å².